The van der Waals surface area contributed by atoms with Crippen molar-refractivity contribution in [1.82, 2.24) is 24.2 Å². The number of benzene rings is 2. The molecule has 1 saturated heterocycles. The number of amides is 2. The van der Waals surface area contributed by atoms with Crippen molar-refractivity contribution in [1.29, 1.82) is 0 Å². The molecule has 2 saturated carbocycles. The third-order valence-electron chi connectivity index (χ3n) is 9.31. The summed E-state index contributed by atoms with van der Waals surface area (Å²) in [6, 6.07) is 17.6. The molecular weight excluding hydrogens is 538 g/mol. The summed E-state index contributed by atoms with van der Waals surface area (Å²) in [5.41, 5.74) is 10.2. The minimum Gasteiger partial charge on any atom is -0.382 e. The van der Waals surface area contributed by atoms with Crippen molar-refractivity contribution < 1.29 is 9.59 Å². The van der Waals surface area contributed by atoms with Crippen LogP contribution in [0.15, 0.2) is 79.1 Å². The maximum Gasteiger partial charge on any atom is 0.255 e. The molecule has 3 fully saturated rings. The van der Waals surface area contributed by atoms with Crippen LogP contribution in [0.25, 0.3) is 16.8 Å². The Morgan fingerprint density at radius 3 is 2.47 bits per heavy atom. The maximum absolute atomic E-state index is 12.9. The number of rotatable bonds is 8. The van der Waals surface area contributed by atoms with Gasteiger partial charge in [-0.15, -0.1) is 0 Å². The fourth-order valence-electron chi connectivity index (χ4n) is 6.86. The summed E-state index contributed by atoms with van der Waals surface area (Å²) < 4.78 is 2.08. The number of nitrogens with one attached hydrogen (secondary N) is 1. The van der Waals surface area contributed by atoms with Crippen LogP contribution in [0.4, 0.5) is 11.5 Å². The Bertz CT molecular complexity index is 1660. The summed E-state index contributed by atoms with van der Waals surface area (Å²) in [7, 11) is 2.13. The molecule has 7 rings (SSSR count). The van der Waals surface area contributed by atoms with Crippen molar-refractivity contribution in [2.24, 2.45) is 11.8 Å². The van der Waals surface area contributed by atoms with Crippen molar-refractivity contribution >= 4 is 28.8 Å². The normalized spacial score (nSPS) is 21.6. The van der Waals surface area contributed by atoms with Crippen LogP contribution < -0.4 is 11.1 Å². The van der Waals surface area contributed by atoms with E-state index in [0.29, 0.717) is 29.3 Å². The number of hydrogen-bond donors (Lipinski definition) is 2. The minimum absolute atomic E-state index is 0.128. The fraction of sp³-hybridized carbons (Fsp3) is 0.353. The number of likely N-dealkylation sites (N-methyl/N-ethyl adjacent to an activating group) is 1. The van der Waals surface area contributed by atoms with E-state index in [0.717, 1.165) is 60.8 Å². The summed E-state index contributed by atoms with van der Waals surface area (Å²) in [6.07, 6.45) is 11.9. The quantitative estimate of drug-likeness (QED) is 0.291. The van der Waals surface area contributed by atoms with Gasteiger partial charge in [-0.1, -0.05) is 36.4 Å². The number of aromatic nitrogens is 3. The lowest BCUT2D eigenvalue weighted by Gasteiger charge is -2.18. The van der Waals surface area contributed by atoms with Gasteiger partial charge in [-0.05, 0) is 68.8 Å². The minimum atomic E-state index is -0.166. The Balaban J connectivity index is 1.06. The second-order valence-corrected chi connectivity index (χ2v) is 12.3. The zero-order valence-corrected chi connectivity index (χ0v) is 24.4. The first-order valence-corrected chi connectivity index (χ1v) is 15.2. The third-order valence-corrected chi connectivity index (χ3v) is 9.31. The Morgan fingerprint density at radius 1 is 1.05 bits per heavy atom. The Labute approximate surface area is 251 Å². The lowest BCUT2D eigenvalue weighted by atomic mass is 10.0. The van der Waals surface area contributed by atoms with E-state index in [-0.39, 0.29) is 17.7 Å². The smallest absolute Gasteiger partial charge is 0.255 e. The van der Waals surface area contributed by atoms with Crippen molar-refractivity contribution in [3.63, 3.8) is 0 Å². The molecule has 0 spiro atoms. The van der Waals surface area contributed by atoms with Crippen LogP contribution in [0.5, 0.6) is 0 Å². The summed E-state index contributed by atoms with van der Waals surface area (Å²) in [5.74, 6) is 2.58. The van der Waals surface area contributed by atoms with Gasteiger partial charge in [-0.25, -0.2) is 9.97 Å². The second kappa shape index (κ2) is 11.3. The molecule has 2 aliphatic carbocycles. The summed E-state index contributed by atoms with van der Waals surface area (Å²) in [5, 5.41) is 2.93. The van der Waals surface area contributed by atoms with Crippen LogP contribution in [-0.4, -0.2) is 68.7 Å². The van der Waals surface area contributed by atoms with Gasteiger partial charge < -0.3 is 16.0 Å². The van der Waals surface area contributed by atoms with Crippen LogP contribution >= 0.6 is 0 Å². The van der Waals surface area contributed by atoms with Gasteiger partial charge in [-0.2, -0.15) is 0 Å². The number of nitrogen functional groups attached to an aromatic ring is 1. The highest BCUT2D eigenvalue weighted by atomic mass is 16.2. The number of nitrogens with zero attached hydrogens (tertiary/aromatic N) is 5. The zero-order valence-electron chi connectivity index (χ0n) is 24.4. The molecule has 9 nitrogen and oxygen atoms in total. The first kappa shape index (κ1) is 27.3. The predicted octanol–water partition coefficient (Wildman–Crippen LogP) is 4.83. The van der Waals surface area contributed by atoms with Crippen LogP contribution in [0.3, 0.4) is 0 Å². The largest absolute Gasteiger partial charge is 0.382 e. The second-order valence-electron chi connectivity index (χ2n) is 12.3. The van der Waals surface area contributed by atoms with E-state index in [1.165, 1.54) is 12.8 Å². The molecule has 2 amide bonds. The van der Waals surface area contributed by atoms with E-state index in [2.05, 4.69) is 26.6 Å². The number of para-hydroxylation sites is 1. The molecule has 1 aliphatic heterocycles. The van der Waals surface area contributed by atoms with Gasteiger partial charge in [-0.3, -0.25) is 18.9 Å². The molecule has 2 atom stereocenters. The molecule has 2 aromatic heterocycles. The van der Waals surface area contributed by atoms with E-state index < -0.39 is 0 Å². The molecule has 3 aliphatic rings. The molecule has 3 N–H and O–H groups in total. The van der Waals surface area contributed by atoms with Gasteiger partial charge in [0.1, 0.15) is 22.9 Å². The van der Waals surface area contributed by atoms with E-state index in [4.69, 9.17) is 10.7 Å². The molecule has 3 heterocycles. The zero-order chi connectivity index (χ0) is 29.5. The number of carbonyl (C=O) groups excluding carboxylic acids is 2. The average Bonchev–Trinajstić information content (AvgIpc) is 3.51. The molecule has 9 heteroatoms. The highest BCUT2D eigenvalue weighted by Gasteiger charge is 2.43. The van der Waals surface area contributed by atoms with Gasteiger partial charge in [0.2, 0.25) is 5.91 Å². The van der Waals surface area contributed by atoms with Gasteiger partial charge in [0.05, 0.1) is 0 Å². The van der Waals surface area contributed by atoms with Gasteiger partial charge in [0.25, 0.3) is 5.91 Å². The van der Waals surface area contributed by atoms with Crippen molar-refractivity contribution in [3.8, 4) is 11.3 Å². The van der Waals surface area contributed by atoms with Crippen LogP contribution in [0, 0.1) is 11.8 Å². The number of hydrogen-bond acceptors (Lipinski definition) is 6. The molecule has 43 heavy (non-hydrogen) atoms. The van der Waals surface area contributed by atoms with Gasteiger partial charge in [0, 0.05) is 66.9 Å². The van der Waals surface area contributed by atoms with E-state index in [9.17, 15) is 9.59 Å². The number of nitrogens with two attached hydrogens (primary N) is 1. The Kier molecular flexibility index (Phi) is 7.18. The monoisotopic (exact) mass is 575 g/mol. The standard InChI is InChI=1S/C34H37N7O2/c1-39(28-13-14-28)16-5-8-29(42)40-20-25-18-24(19-26(25)21-40)33-38-30(31-32(35)36-15-17-41(31)33)22-9-11-23(12-10-22)34(43)37-27-6-3-2-4-7-27/h2-12,15,17,24-26,28H,13-14,16,18-21H2,1H3,(H2,35,36)(H,37,43). The molecule has 2 unspecified atom stereocenters. The average molecular weight is 576 g/mol. The lowest BCUT2D eigenvalue weighted by Crippen LogP contribution is -2.28. The summed E-state index contributed by atoms with van der Waals surface area (Å²) in [6.45, 7) is 2.43. The highest BCUT2D eigenvalue weighted by molar-refractivity contribution is 6.04. The summed E-state index contributed by atoms with van der Waals surface area (Å²) >= 11 is 0. The molecular formula is C34H37N7O2. The first-order valence-electron chi connectivity index (χ1n) is 15.2. The highest BCUT2D eigenvalue weighted by Crippen LogP contribution is 2.47. The number of likely N-dealkylation sites (tertiary alicyclic amines) is 1. The van der Waals surface area contributed by atoms with Crippen LogP contribution in [0.1, 0.15) is 47.8 Å². The SMILES string of the molecule is CN(CC=CC(=O)N1CC2CC(c3nc(-c4ccc(C(=O)Nc5ccccc5)cc4)c4c(N)nccn34)CC2C1)C1CC1. The van der Waals surface area contributed by atoms with Crippen molar-refractivity contribution in [3.05, 3.63) is 90.5 Å². The van der Waals surface area contributed by atoms with E-state index >= 15 is 0 Å². The summed E-state index contributed by atoms with van der Waals surface area (Å²) in [4.78, 5) is 39.5. The van der Waals surface area contributed by atoms with Crippen molar-refractivity contribution in [2.75, 3.05) is 37.7 Å². The molecule has 220 valence electrons. The third kappa shape index (κ3) is 5.52. The topological polar surface area (TPSA) is 109 Å². The first-order chi connectivity index (χ1) is 20.9. The van der Waals surface area contributed by atoms with Gasteiger partial charge >= 0.3 is 0 Å². The predicted molar refractivity (Wildman–Crippen MR) is 168 cm³/mol. The number of carbonyl (C=O) groups is 2. The number of fused-ring (bicyclic) bond motifs is 2. The molecule has 0 radical (unpaired) electrons. The number of imidazole rings is 1. The lowest BCUT2D eigenvalue weighted by molar-refractivity contribution is -0.125. The fourth-order valence-corrected chi connectivity index (χ4v) is 6.86. The van der Waals surface area contributed by atoms with E-state index in [1.807, 2.05) is 71.8 Å². The number of anilines is 2. The van der Waals surface area contributed by atoms with Gasteiger partial charge in [0.15, 0.2) is 0 Å². The maximum atomic E-state index is 12.9. The van der Waals surface area contributed by atoms with Crippen LogP contribution in [-0.2, 0) is 4.79 Å². The Morgan fingerprint density at radius 2 is 1.77 bits per heavy atom. The van der Waals surface area contributed by atoms with E-state index in [1.54, 1.807) is 12.3 Å². The van der Waals surface area contributed by atoms with Crippen molar-refractivity contribution in [2.45, 2.75) is 37.6 Å². The van der Waals surface area contributed by atoms with Crippen LogP contribution in [0.2, 0.25) is 0 Å². The molecule has 4 aromatic rings. The molecule has 2 aromatic carbocycles. The Hall–Kier alpha value is -4.50. The molecule has 0 bridgehead atoms.